The van der Waals surface area contributed by atoms with Crippen molar-refractivity contribution in [3.8, 4) is 28.7 Å². The summed E-state index contributed by atoms with van der Waals surface area (Å²) in [6.45, 7) is 4.46. The molecule has 36 heavy (non-hydrogen) atoms. The number of carbonyl (C=O) groups is 2. The molecule has 0 unspecified atom stereocenters. The maximum Gasteiger partial charge on any atom is 0.269 e. The quantitative estimate of drug-likeness (QED) is 0.433. The van der Waals surface area contributed by atoms with Crippen LogP contribution < -0.4 is 5.73 Å². The van der Waals surface area contributed by atoms with Crippen molar-refractivity contribution in [3.63, 3.8) is 0 Å². The van der Waals surface area contributed by atoms with Gasteiger partial charge in [-0.1, -0.05) is 37.8 Å². The average Bonchev–Trinajstić information content (AvgIpc) is 3.56. The molecule has 184 valence electrons. The van der Waals surface area contributed by atoms with E-state index in [1.807, 2.05) is 51.4 Å². The first kappa shape index (κ1) is 24.7. The number of hydrogen-bond acceptors (Lipinski definition) is 5. The number of nitrogens with two attached hydrogens (primary N) is 1. The Bertz CT molecular complexity index is 1520. The lowest BCUT2D eigenvalue weighted by molar-refractivity contribution is -0.137. The van der Waals surface area contributed by atoms with E-state index in [4.69, 9.17) is 5.73 Å². The molecule has 1 saturated heterocycles. The maximum absolute atomic E-state index is 12.2. The van der Waals surface area contributed by atoms with Gasteiger partial charge in [0.1, 0.15) is 0 Å². The molecule has 2 aromatic carbocycles. The SMILES string of the molecule is CC.CN1CC[C@@](O)(C#Cc2cccc(-n3nc(C(N)=O)c4cc(-c5cnn(C)c5)ccc43)c2)C1=O. The Morgan fingerprint density at radius 2 is 1.92 bits per heavy atom. The van der Waals surface area contributed by atoms with Gasteiger partial charge in [0.25, 0.3) is 11.8 Å². The molecule has 0 radical (unpaired) electrons. The number of likely N-dealkylation sites (tertiary alicyclic amines) is 1. The van der Waals surface area contributed by atoms with Crippen LogP contribution in [0.25, 0.3) is 27.7 Å². The van der Waals surface area contributed by atoms with Crippen LogP contribution in [0.15, 0.2) is 54.9 Å². The molecule has 1 fully saturated rings. The number of likely N-dealkylation sites (N-methyl/N-ethyl adjacent to an activating group) is 1. The summed E-state index contributed by atoms with van der Waals surface area (Å²) in [6, 6.07) is 12.9. The van der Waals surface area contributed by atoms with Crippen LogP contribution in [-0.4, -0.2) is 60.6 Å². The first-order valence-corrected chi connectivity index (χ1v) is 11.7. The number of benzene rings is 2. The molecule has 3 heterocycles. The molecule has 3 N–H and O–H groups in total. The van der Waals surface area contributed by atoms with Gasteiger partial charge < -0.3 is 15.7 Å². The van der Waals surface area contributed by atoms with Gasteiger partial charge in [0.2, 0.25) is 5.60 Å². The minimum absolute atomic E-state index is 0.158. The van der Waals surface area contributed by atoms with E-state index in [2.05, 4.69) is 22.0 Å². The Kier molecular flexibility index (Phi) is 6.64. The number of nitrogens with zero attached hydrogens (tertiary/aromatic N) is 5. The van der Waals surface area contributed by atoms with Crippen LogP contribution in [0.3, 0.4) is 0 Å². The van der Waals surface area contributed by atoms with E-state index in [1.165, 1.54) is 4.90 Å². The molecule has 1 aliphatic heterocycles. The third-order valence-electron chi connectivity index (χ3n) is 5.97. The minimum Gasteiger partial charge on any atom is -0.369 e. The summed E-state index contributed by atoms with van der Waals surface area (Å²) >= 11 is 0. The van der Waals surface area contributed by atoms with Crippen LogP contribution in [0, 0.1) is 11.8 Å². The number of fused-ring (bicyclic) bond motifs is 1. The van der Waals surface area contributed by atoms with Gasteiger partial charge in [0.05, 0.1) is 17.4 Å². The van der Waals surface area contributed by atoms with Gasteiger partial charge in [-0.25, -0.2) is 4.68 Å². The Labute approximate surface area is 209 Å². The van der Waals surface area contributed by atoms with Crippen molar-refractivity contribution in [1.29, 1.82) is 0 Å². The molecule has 0 bridgehead atoms. The van der Waals surface area contributed by atoms with Gasteiger partial charge in [-0.15, -0.1) is 0 Å². The zero-order valence-electron chi connectivity index (χ0n) is 20.7. The van der Waals surface area contributed by atoms with Gasteiger partial charge in [-0.05, 0) is 35.9 Å². The van der Waals surface area contributed by atoms with E-state index in [-0.39, 0.29) is 12.1 Å². The maximum atomic E-state index is 12.2. The zero-order chi connectivity index (χ0) is 26.0. The minimum atomic E-state index is -1.68. The number of rotatable bonds is 3. The predicted molar refractivity (Wildman–Crippen MR) is 137 cm³/mol. The van der Waals surface area contributed by atoms with Crippen LogP contribution >= 0.6 is 0 Å². The molecule has 2 amide bonds. The number of hydrogen-bond donors (Lipinski definition) is 2. The number of amides is 2. The van der Waals surface area contributed by atoms with Crippen LogP contribution in [0.1, 0.15) is 36.3 Å². The van der Waals surface area contributed by atoms with Gasteiger partial charge in [-0.3, -0.25) is 14.3 Å². The monoisotopic (exact) mass is 484 g/mol. The smallest absolute Gasteiger partial charge is 0.269 e. The van der Waals surface area contributed by atoms with Crippen molar-refractivity contribution < 1.29 is 14.7 Å². The van der Waals surface area contributed by atoms with Gasteiger partial charge in [-0.2, -0.15) is 10.2 Å². The summed E-state index contributed by atoms with van der Waals surface area (Å²) in [5.41, 5.74) is 7.89. The average molecular weight is 485 g/mol. The normalized spacial score (nSPS) is 16.9. The highest BCUT2D eigenvalue weighted by molar-refractivity contribution is 6.05. The molecule has 1 aliphatic rings. The fraction of sp³-hybridized carbons (Fsp3) is 0.259. The van der Waals surface area contributed by atoms with Crippen LogP contribution in [0.5, 0.6) is 0 Å². The molecular weight excluding hydrogens is 456 g/mol. The van der Waals surface area contributed by atoms with E-state index in [0.29, 0.717) is 28.7 Å². The molecule has 1 atom stereocenters. The second kappa shape index (κ2) is 9.68. The Morgan fingerprint density at radius 1 is 1.14 bits per heavy atom. The van der Waals surface area contributed by atoms with Crippen LogP contribution in [-0.2, 0) is 11.8 Å². The molecule has 9 heteroatoms. The Balaban J connectivity index is 0.00000148. The highest BCUT2D eigenvalue weighted by atomic mass is 16.3. The number of aromatic nitrogens is 4. The molecule has 2 aromatic heterocycles. The Morgan fingerprint density at radius 3 is 2.56 bits per heavy atom. The van der Waals surface area contributed by atoms with Crippen molar-refractivity contribution in [3.05, 3.63) is 66.1 Å². The van der Waals surface area contributed by atoms with Crippen molar-refractivity contribution in [2.24, 2.45) is 12.8 Å². The standard InChI is InChI=1S/C25H22N6O3.C2H6/c1-29-11-10-25(34,24(29)33)9-8-16-4-3-5-19(12-16)31-21-7-6-17(18-14-27-30(2)15-18)13-20(21)22(28-31)23(26)32;1-2/h3-7,12-15,34H,10-11H2,1-2H3,(H2,26,32);1-2H3/t25-;/m0./s1. The van der Waals surface area contributed by atoms with Gasteiger partial charge >= 0.3 is 0 Å². The molecule has 9 nitrogen and oxygen atoms in total. The third-order valence-corrected chi connectivity index (χ3v) is 5.97. The fourth-order valence-corrected chi connectivity index (χ4v) is 4.11. The van der Waals surface area contributed by atoms with Gasteiger partial charge in [0, 0.05) is 49.8 Å². The van der Waals surface area contributed by atoms with E-state index in [1.54, 1.807) is 40.8 Å². The first-order chi connectivity index (χ1) is 17.2. The number of carbonyl (C=O) groups excluding carboxylic acids is 2. The zero-order valence-corrected chi connectivity index (χ0v) is 20.7. The van der Waals surface area contributed by atoms with Crippen molar-refractivity contribution in [2.45, 2.75) is 25.9 Å². The molecule has 5 rings (SSSR count). The number of primary amides is 1. The third kappa shape index (κ3) is 4.46. The lowest BCUT2D eigenvalue weighted by Gasteiger charge is -2.13. The van der Waals surface area contributed by atoms with Gasteiger partial charge in [0.15, 0.2) is 5.69 Å². The highest BCUT2D eigenvalue weighted by Crippen LogP contribution is 2.28. The largest absolute Gasteiger partial charge is 0.369 e. The highest BCUT2D eigenvalue weighted by Gasteiger charge is 2.42. The summed E-state index contributed by atoms with van der Waals surface area (Å²) in [7, 11) is 3.48. The van der Waals surface area contributed by atoms with Crippen molar-refractivity contribution in [2.75, 3.05) is 13.6 Å². The van der Waals surface area contributed by atoms with E-state index >= 15 is 0 Å². The lowest BCUT2D eigenvalue weighted by atomic mass is 10.0. The van der Waals surface area contributed by atoms with Crippen molar-refractivity contribution >= 4 is 22.7 Å². The lowest BCUT2D eigenvalue weighted by Crippen LogP contribution is -2.37. The second-order valence-electron chi connectivity index (χ2n) is 8.40. The van der Waals surface area contributed by atoms with Crippen LogP contribution in [0.2, 0.25) is 0 Å². The predicted octanol–water partition coefficient (Wildman–Crippen LogP) is 2.50. The summed E-state index contributed by atoms with van der Waals surface area (Å²) < 4.78 is 3.34. The molecular formula is C27H28N6O3. The number of aliphatic hydroxyl groups is 1. The molecule has 0 spiro atoms. The second-order valence-corrected chi connectivity index (χ2v) is 8.40. The van der Waals surface area contributed by atoms with E-state index in [9.17, 15) is 14.7 Å². The van der Waals surface area contributed by atoms with Crippen LogP contribution in [0.4, 0.5) is 0 Å². The molecule has 0 aliphatic carbocycles. The topological polar surface area (TPSA) is 119 Å². The van der Waals surface area contributed by atoms with E-state index < -0.39 is 17.4 Å². The summed E-state index contributed by atoms with van der Waals surface area (Å²) in [6.07, 6.45) is 3.90. The molecule has 0 saturated carbocycles. The Hall–Kier alpha value is -4.42. The summed E-state index contributed by atoms with van der Waals surface area (Å²) in [5, 5.41) is 19.9. The van der Waals surface area contributed by atoms with Crippen molar-refractivity contribution in [1.82, 2.24) is 24.5 Å². The summed E-state index contributed by atoms with van der Waals surface area (Å²) in [4.78, 5) is 25.8. The summed E-state index contributed by atoms with van der Waals surface area (Å²) in [5.74, 6) is 4.60. The van der Waals surface area contributed by atoms with E-state index in [0.717, 1.165) is 11.1 Å². The first-order valence-electron chi connectivity index (χ1n) is 11.7. The fourth-order valence-electron chi connectivity index (χ4n) is 4.11. The number of aryl methyl sites for hydroxylation is 1. The molecule has 4 aromatic rings.